The molecule has 1 fully saturated rings. The summed E-state index contributed by atoms with van der Waals surface area (Å²) in [4.78, 5) is 16.6. The first-order valence-electron chi connectivity index (χ1n) is 15.5. The summed E-state index contributed by atoms with van der Waals surface area (Å²) >= 11 is 0. The molecular formula is C35H46N4O6. The number of guanidine groups is 1. The van der Waals surface area contributed by atoms with Gasteiger partial charge < -0.3 is 40.4 Å². The van der Waals surface area contributed by atoms with Gasteiger partial charge in [0, 0.05) is 40.2 Å². The summed E-state index contributed by atoms with van der Waals surface area (Å²) in [5.41, 5.74) is 8.19. The number of nitrogens with two attached hydrogens (primary N) is 1. The number of nitrogens with zero attached hydrogens (tertiary/aromatic N) is 1. The number of methoxy groups -OCH3 is 2. The first kappa shape index (κ1) is 33.7. The van der Waals surface area contributed by atoms with E-state index in [9.17, 15) is 9.90 Å². The maximum Gasteiger partial charge on any atom is 0.205 e. The van der Waals surface area contributed by atoms with Crippen molar-refractivity contribution in [3.8, 4) is 35.0 Å². The summed E-state index contributed by atoms with van der Waals surface area (Å²) in [6.45, 7) is 1.39. The van der Waals surface area contributed by atoms with Crippen molar-refractivity contribution in [2.75, 3.05) is 46.8 Å². The van der Waals surface area contributed by atoms with Crippen LogP contribution in [0.2, 0.25) is 0 Å². The molecule has 1 aliphatic carbocycles. The number of rotatable bonds is 14. The van der Waals surface area contributed by atoms with E-state index in [1.807, 2.05) is 25.3 Å². The number of benzene rings is 2. The zero-order valence-electron chi connectivity index (χ0n) is 26.8. The van der Waals surface area contributed by atoms with Gasteiger partial charge in [-0.15, -0.1) is 0 Å². The van der Waals surface area contributed by atoms with Gasteiger partial charge in [-0.1, -0.05) is 18.1 Å². The van der Waals surface area contributed by atoms with Gasteiger partial charge in [-0.25, -0.2) is 0 Å². The van der Waals surface area contributed by atoms with Crippen LogP contribution < -0.4 is 30.6 Å². The van der Waals surface area contributed by atoms with E-state index in [1.54, 1.807) is 38.4 Å². The Labute approximate surface area is 266 Å². The summed E-state index contributed by atoms with van der Waals surface area (Å²) in [5, 5.41) is 16.3. The van der Waals surface area contributed by atoms with Gasteiger partial charge in [-0.2, -0.15) is 0 Å². The smallest absolute Gasteiger partial charge is 0.205 e. The van der Waals surface area contributed by atoms with Crippen molar-refractivity contribution < 1.29 is 28.8 Å². The predicted molar refractivity (Wildman–Crippen MR) is 176 cm³/mol. The highest BCUT2D eigenvalue weighted by Gasteiger charge is 2.47. The lowest BCUT2D eigenvalue weighted by Crippen LogP contribution is -2.43. The summed E-state index contributed by atoms with van der Waals surface area (Å²) in [6, 6.07) is 9.10. The summed E-state index contributed by atoms with van der Waals surface area (Å²) in [7, 11) is 6.80. The van der Waals surface area contributed by atoms with Crippen LogP contribution in [0.1, 0.15) is 49.7 Å². The molecule has 0 saturated heterocycles. The third-order valence-electron chi connectivity index (χ3n) is 8.47. The maximum atomic E-state index is 12.6. The highest BCUT2D eigenvalue weighted by molar-refractivity contribution is 5.94. The second kappa shape index (κ2) is 16.2. The topological polar surface area (TPSA) is 137 Å². The fourth-order valence-corrected chi connectivity index (χ4v) is 6.26. The van der Waals surface area contributed by atoms with Crippen LogP contribution in [0.3, 0.4) is 0 Å². The Balaban J connectivity index is 1.52. The Hall–Kier alpha value is -4.20. The van der Waals surface area contributed by atoms with Gasteiger partial charge in [0.15, 0.2) is 29.0 Å². The van der Waals surface area contributed by atoms with Crippen molar-refractivity contribution in [1.82, 2.24) is 5.32 Å². The Kier molecular flexibility index (Phi) is 12.1. The number of carbonyl (C=O) groups is 1. The second-order valence-corrected chi connectivity index (χ2v) is 11.7. The van der Waals surface area contributed by atoms with E-state index in [1.165, 1.54) is 7.11 Å². The summed E-state index contributed by atoms with van der Waals surface area (Å²) in [6.07, 6.45) is 12.1. The van der Waals surface area contributed by atoms with Crippen molar-refractivity contribution in [3.05, 3.63) is 53.6 Å². The van der Waals surface area contributed by atoms with Crippen LogP contribution in [-0.2, 0) is 22.4 Å². The standard InChI is InChI=1S/C35H46N4O6/c1-37-23-35-21-26(27(22-35)15-17-42-3)9-7-16-44-33-29(39-34(36)38-2)18-25(20-32(33)45-35)8-5-6-10-28(40)13-11-24-12-14-30(41)31(19-24)43-4/h6,10,12,14,18-20,26-27,37,41H,5,8-9,11,13,15,17,21-23H2,1-4H3,(H3,36,38,39)/b10-6+/t26-,27+,35+/m0/s1. The number of nitrogens with one attached hydrogen (secondary N) is 2. The number of aliphatic imine (C=N–C) groups is 1. The molecule has 1 aliphatic heterocycles. The Morgan fingerprint density at radius 1 is 1.22 bits per heavy atom. The molecule has 1 saturated carbocycles. The fourth-order valence-electron chi connectivity index (χ4n) is 6.26. The third-order valence-corrected chi connectivity index (χ3v) is 8.47. The van der Waals surface area contributed by atoms with E-state index in [2.05, 4.69) is 27.7 Å². The average Bonchev–Trinajstić information content (AvgIpc) is 3.36. The second-order valence-electron chi connectivity index (χ2n) is 11.7. The van der Waals surface area contributed by atoms with E-state index in [0.29, 0.717) is 73.6 Å². The molecule has 2 aromatic rings. The highest BCUT2D eigenvalue weighted by atomic mass is 16.5. The zero-order chi connectivity index (χ0) is 32.2. The number of carbonyl (C=O) groups excluding carboxylic acids is 1. The molecule has 242 valence electrons. The fraction of sp³-hybridized carbons (Fsp3) is 0.486. The molecule has 5 N–H and O–H groups in total. The van der Waals surface area contributed by atoms with Crippen LogP contribution in [0, 0.1) is 23.9 Å². The van der Waals surface area contributed by atoms with E-state index < -0.39 is 5.60 Å². The number of ether oxygens (including phenoxy) is 4. The molecular weight excluding hydrogens is 572 g/mol. The molecule has 2 bridgehead atoms. The number of likely N-dealkylation sites (N-methyl/N-ethyl adjacent to an activating group) is 1. The van der Waals surface area contributed by atoms with Gasteiger partial charge >= 0.3 is 0 Å². The molecule has 45 heavy (non-hydrogen) atoms. The molecule has 0 unspecified atom stereocenters. The van der Waals surface area contributed by atoms with Crippen molar-refractivity contribution in [2.45, 2.75) is 57.0 Å². The lowest BCUT2D eigenvalue weighted by Gasteiger charge is -2.32. The number of allylic oxidation sites excluding steroid dienone is 2. The van der Waals surface area contributed by atoms with Crippen LogP contribution in [0.4, 0.5) is 5.69 Å². The summed E-state index contributed by atoms with van der Waals surface area (Å²) < 4.78 is 23.5. The molecule has 2 aromatic carbocycles. The Morgan fingerprint density at radius 3 is 2.82 bits per heavy atom. The van der Waals surface area contributed by atoms with Gasteiger partial charge in [-0.3, -0.25) is 9.79 Å². The molecule has 0 spiro atoms. The number of ketones is 1. The van der Waals surface area contributed by atoms with E-state index in [4.69, 9.17) is 24.7 Å². The predicted octanol–water partition coefficient (Wildman–Crippen LogP) is 4.59. The minimum Gasteiger partial charge on any atom is -0.504 e. The molecule has 3 atom stereocenters. The third kappa shape index (κ3) is 9.16. The average molecular weight is 619 g/mol. The molecule has 0 amide bonds. The van der Waals surface area contributed by atoms with Crippen LogP contribution in [0.5, 0.6) is 23.0 Å². The molecule has 2 aliphatic rings. The number of hydrogen-bond acceptors (Lipinski definition) is 8. The largest absolute Gasteiger partial charge is 0.504 e. The van der Waals surface area contributed by atoms with E-state index in [-0.39, 0.29) is 17.5 Å². The molecule has 10 heteroatoms. The van der Waals surface area contributed by atoms with Crippen LogP contribution in [0.25, 0.3) is 0 Å². The van der Waals surface area contributed by atoms with Crippen molar-refractivity contribution in [1.29, 1.82) is 0 Å². The van der Waals surface area contributed by atoms with Crippen molar-refractivity contribution in [2.24, 2.45) is 22.6 Å². The van der Waals surface area contributed by atoms with Crippen molar-refractivity contribution >= 4 is 17.4 Å². The Morgan fingerprint density at radius 2 is 2.07 bits per heavy atom. The summed E-state index contributed by atoms with van der Waals surface area (Å²) in [5.74, 6) is 5.88. The lowest BCUT2D eigenvalue weighted by atomic mass is 9.91. The monoisotopic (exact) mass is 618 g/mol. The highest BCUT2D eigenvalue weighted by Crippen LogP contribution is 2.48. The number of fused-ring (bicyclic) bond motifs is 3. The van der Waals surface area contributed by atoms with Gasteiger partial charge in [0.1, 0.15) is 11.7 Å². The molecule has 0 radical (unpaired) electrons. The van der Waals surface area contributed by atoms with Gasteiger partial charge in [0.2, 0.25) is 5.75 Å². The normalized spacial score (nSPS) is 20.8. The minimum absolute atomic E-state index is 0.0324. The van der Waals surface area contributed by atoms with Gasteiger partial charge in [0.25, 0.3) is 0 Å². The van der Waals surface area contributed by atoms with Gasteiger partial charge in [0.05, 0.1) is 12.8 Å². The van der Waals surface area contributed by atoms with E-state index >= 15 is 0 Å². The quantitative estimate of drug-likeness (QED) is 0.104. The van der Waals surface area contributed by atoms with Gasteiger partial charge in [-0.05, 0) is 98.9 Å². The number of anilines is 1. The molecule has 10 nitrogen and oxygen atoms in total. The number of phenolic OH excluding ortho intramolecular Hbond substituents is 1. The van der Waals surface area contributed by atoms with E-state index in [0.717, 1.165) is 36.8 Å². The van der Waals surface area contributed by atoms with Crippen LogP contribution in [-0.4, -0.2) is 63.9 Å². The zero-order valence-corrected chi connectivity index (χ0v) is 26.8. The molecule has 4 rings (SSSR count). The van der Waals surface area contributed by atoms with Crippen molar-refractivity contribution in [3.63, 3.8) is 0 Å². The molecule has 0 aromatic heterocycles. The maximum absolute atomic E-state index is 12.6. The number of phenols is 1. The minimum atomic E-state index is -0.428. The number of hydrogen-bond donors (Lipinski definition) is 4. The molecule has 1 heterocycles. The lowest BCUT2D eigenvalue weighted by molar-refractivity contribution is -0.114. The van der Waals surface area contributed by atoms with Crippen LogP contribution in [0.15, 0.2) is 47.5 Å². The van der Waals surface area contributed by atoms with Crippen LogP contribution >= 0.6 is 0 Å². The first-order valence-corrected chi connectivity index (χ1v) is 15.5. The Bertz CT molecular complexity index is 1450. The first-order chi connectivity index (χ1) is 21.8. The SMILES string of the molecule is CN=C(N)Nc1cc(CC/C=C/C(=O)CCc2ccc(O)c(OC)c2)cc2c1OC#CC[C@H]1C[C@](CNC)(C[C@H]1CCOC)O2. The number of aryl methyl sites for hydroxylation is 2. The number of aromatic hydroxyl groups is 1.